The minimum absolute atomic E-state index is 0.392. The number of hydrogen-bond donors (Lipinski definition) is 2. The molecule has 2 heterocycles. The Hall–Kier alpha value is -1.50. The summed E-state index contributed by atoms with van der Waals surface area (Å²) in [5.41, 5.74) is 9.95. The summed E-state index contributed by atoms with van der Waals surface area (Å²) >= 11 is 8.52. The van der Waals surface area contributed by atoms with Crippen LogP contribution in [0, 0.1) is 6.92 Å². The van der Waals surface area contributed by atoms with Crippen LogP contribution >= 0.6 is 35.5 Å². The summed E-state index contributed by atoms with van der Waals surface area (Å²) in [6.07, 6.45) is 0. The van der Waals surface area contributed by atoms with Crippen LogP contribution in [0.1, 0.15) is 11.3 Å². The Morgan fingerprint density at radius 1 is 1.38 bits per heavy atom. The number of rotatable bonds is 4. The van der Waals surface area contributed by atoms with Gasteiger partial charge in [0.2, 0.25) is 0 Å². The standard InChI is InChI=1S/C15H15N3S3/c1-9-6-10-8-11(15(16)19)17-14(10)12(7-9)18(2)21-13-4-3-5-20-13/h3-8,17H,1-2H3,(H2,16,19). The average molecular weight is 334 g/mol. The molecule has 0 aliphatic heterocycles. The van der Waals surface area contributed by atoms with Crippen molar-refractivity contribution in [2.75, 3.05) is 11.4 Å². The number of aromatic amines is 1. The van der Waals surface area contributed by atoms with Crippen LogP contribution in [0.5, 0.6) is 0 Å². The van der Waals surface area contributed by atoms with Gasteiger partial charge in [0.25, 0.3) is 0 Å². The lowest BCUT2D eigenvalue weighted by Gasteiger charge is -2.18. The molecule has 0 aliphatic rings. The smallest absolute Gasteiger partial charge is 0.120 e. The number of aromatic nitrogens is 1. The van der Waals surface area contributed by atoms with Crippen LogP contribution in [0.3, 0.4) is 0 Å². The summed E-state index contributed by atoms with van der Waals surface area (Å²) < 4.78 is 3.43. The third-order valence-corrected chi connectivity index (χ3v) is 5.36. The first-order chi connectivity index (χ1) is 10.0. The number of aryl methyl sites for hydroxylation is 1. The lowest BCUT2D eigenvalue weighted by molar-refractivity contribution is 1.33. The van der Waals surface area contributed by atoms with Crippen molar-refractivity contribution in [1.29, 1.82) is 0 Å². The first-order valence-electron chi connectivity index (χ1n) is 6.43. The van der Waals surface area contributed by atoms with Crippen molar-refractivity contribution in [3.05, 3.63) is 47.0 Å². The van der Waals surface area contributed by atoms with Crippen LogP contribution in [0.15, 0.2) is 39.9 Å². The van der Waals surface area contributed by atoms with E-state index in [1.807, 2.05) is 6.07 Å². The molecule has 0 radical (unpaired) electrons. The van der Waals surface area contributed by atoms with Crippen LogP contribution in [0.4, 0.5) is 5.69 Å². The van der Waals surface area contributed by atoms with Gasteiger partial charge in [-0.3, -0.25) is 0 Å². The van der Waals surface area contributed by atoms with E-state index in [0.717, 1.165) is 22.3 Å². The summed E-state index contributed by atoms with van der Waals surface area (Å²) in [5, 5.41) is 3.22. The minimum atomic E-state index is 0.392. The Morgan fingerprint density at radius 2 is 2.19 bits per heavy atom. The van der Waals surface area contributed by atoms with Gasteiger partial charge < -0.3 is 15.0 Å². The highest BCUT2D eigenvalue weighted by atomic mass is 32.2. The predicted octanol–water partition coefficient (Wildman–Crippen LogP) is 4.32. The van der Waals surface area contributed by atoms with Crippen molar-refractivity contribution < 1.29 is 0 Å². The van der Waals surface area contributed by atoms with Gasteiger partial charge in [-0.15, -0.1) is 11.3 Å². The van der Waals surface area contributed by atoms with E-state index in [1.54, 1.807) is 23.3 Å². The van der Waals surface area contributed by atoms with E-state index in [0.29, 0.717) is 4.99 Å². The summed E-state index contributed by atoms with van der Waals surface area (Å²) in [7, 11) is 2.07. The molecule has 0 unspecified atom stereocenters. The Labute approximate surface area is 137 Å². The Kier molecular flexibility index (Phi) is 3.93. The molecule has 0 amide bonds. The van der Waals surface area contributed by atoms with E-state index in [-0.39, 0.29) is 0 Å². The van der Waals surface area contributed by atoms with Crippen LogP contribution in [0.25, 0.3) is 10.9 Å². The number of nitrogens with one attached hydrogen (secondary N) is 1. The molecule has 3 N–H and O–H groups in total. The summed E-state index contributed by atoms with van der Waals surface area (Å²) in [5.74, 6) is 0. The second-order valence-electron chi connectivity index (χ2n) is 4.82. The van der Waals surface area contributed by atoms with Crippen molar-refractivity contribution in [3.63, 3.8) is 0 Å². The third-order valence-electron chi connectivity index (χ3n) is 3.18. The molecule has 0 aliphatic carbocycles. The van der Waals surface area contributed by atoms with Gasteiger partial charge in [-0.2, -0.15) is 0 Å². The second-order valence-corrected chi connectivity index (χ2v) is 7.63. The normalized spacial score (nSPS) is 11.0. The highest BCUT2D eigenvalue weighted by Gasteiger charge is 2.13. The molecule has 1 aromatic carbocycles. The zero-order chi connectivity index (χ0) is 15.0. The zero-order valence-electron chi connectivity index (χ0n) is 11.7. The van der Waals surface area contributed by atoms with E-state index in [9.17, 15) is 0 Å². The maximum Gasteiger partial charge on any atom is 0.120 e. The fourth-order valence-corrected chi connectivity index (χ4v) is 4.14. The molecule has 0 fully saturated rings. The molecule has 0 spiro atoms. The van der Waals surface area contributed by atoms with Crippen molar-refractivity contribution >= 4 is 57.1 Å². The summed E-state index contributed by atoms with van der Waals surface area (Å²) in [6, 6.07) is 10.5. The monoisotopic (exact) mass is 333 g/mol. The first-order valence-corrected chi connectivity index (χ1v) is 8.49. The van der Waals surface area contributed by atoms with E-state index < -0.39 is 0 Å². The average Bonchev–Trinajstić information content (AvgIpc) is 3.06. The number of nitrogens with two attached hydrogens (primary N) is 1. The molecule has 3 aromatic rings. The molecular formula is C15H15N3S3. The SMILES string of the molecule is Cc1cc(N(C)Sc2cccs2)c2[nH]c(C(N)=S)cc2c1. The van der Waals surface area contributed by atoms with Crippen molar-refractivity contribution in [2.45, 2.75) is 11.1 Å². The number of benzene rings is 1. The van der Waals surface area contributed by atoms with Crippen LogP contribution in [-0.4, -0.2) is 17.0 Å². The number of thiophene rings is 1. The van der Waals surface area contributed by atoms with Gasteiger partial charge >= 0.3 is 0 Å². The van der Waals surface area contributed by atoms with Gasteiger partial charge in [0.15, 0.2) is 0 Å². The highest BCUT2D eigenvalue weighted by molar-refractivity contribution is 8.02. The lowest BCUT2D eigenvalue weighted by atomic mass is 10.1. The van der Waals surface area contributed by atoms with E-state index in [1.165, 1.54) is 9.77 Å². The highest BCUT2D eigenvalue weighted by Crippen LogP contribution is 2.35. The molecular weight excluding hydrogens is 318 g/mol. The topological polar surface area (TPSA) is 45.0 Å². The Balaban J connectivity index is 2.05. The van der Waals surface area contributed by atoms with Gasteiger partial charge in [0.05, 0.1) is 21.1 Å². The van der Waals surface area contributed by atoms with Crippen molar-refractivity contribution in [1.82, 2.24) is 4.98 Å². The maximum absolute atomic E-state index is 5.73. The number of fused-ring (bicyclic) bond motifs is 1. The van der Waals surface area contributed by atoms with Crippen LogP contribution in [0.2, 0.25) is 0 Å². The van der Waals surface area contributed by atoms with Crippen LogP contribution in [-0.2, 0) is 0 Å². The molecule has 6 heteroatoms. The quantitative estimate of drug-likeness (QED) is 0.551. The molecule has 0 saturated heterocycles. The number of hydrogen-bond acceptors (Lipinski definition) is 4. The molecule has 0 atom stereocenters. The fourth-order valence-electron chi connectivity index (χ4n) is 2.25. The Morgan fingerprint density at radius 3 is 2.86 bits per heavy atom. The molecule has 21 heavy (non-hydrogen) atoms. The molecule has 108 valence electrons. The lowest BCUT2D eigenvalue weighted by Crippen LogP contribution is -2.09. The molecule has 3 rings (SSSR count). The number of nitrogens with zero attached hydrogens (tertiary/aromatic N) is 1. The number of H-pyrrole nitrogens is 1. The zero-order valence-corrected chi connectivity index (χ0v) is 14.2. The minimum Gasteiger partial charge on any atom is -0.388 e. The fraction of sp³-hybridized carbons (Fsp3) is 0.133. The summed E-state index contributed by atoms with van der Waals surface area (Å²) in [4.78, 5) is 3.73. The Bertz CT molecular complexity index is 790. The third kappa shape index (κ3) is 2.92. The first kappa shape index (κ1) is 14.4. The van der Waals surface area contributed by atoms with Crippen molar-refractivity contribution in [2.24, 2.45) is 5.73 Å². The molecule has 2 aromatic heterocycles. The molecule has 0 bridgehead atoms. The van der Waals surface area contributed by atoms with Gasteiger partial charge in [0.1, 0.15) is 4.99 Å². The molecule has 3 nitrogen and oxygen atoms in total. The largest absolute Gasteiger partial charge is 0.388 e. The second kappa shape index (κ2) is 5.71. The van der Waals surface area contributed by atoms with Crippen LogP contribution < -0.4 is 10.0 Å². The van der Waals surface area contributed by atoms with Gasteiger partial charge in [-0.1, -0.05) is 18.3 Å². The van der Waals surface area contributed by atoms with E-state index in [4.69, 9.17) is 18.0 Å². The maximum atomic E-state index is 5.73. The predicted molar refractivity (Wildman–Crippen MR) is 97.5 cm³/mol. The van der Waals surface area contributed by atoms with E-state index >= 15 is 0 Å². The van der Waals surface area contributed by atoms with E-state index in [2.05, 4.69) is 52.9 Å². The summed E-state index contributed by atoms with van der Waals surface area (Å²) in [6.45, 7) is 2.10. The number of thiocarbonyl (C=S) groups is 1. The van der Waals surface area contributed by atoms with Gasteiger partial charge in [-0.05, 0) is 54.1 Å². The molecule has 0 saturated carbocycles. The van der Waals surface area contributed by atoms with Gasteiger partial charge in [0, 0.05) is 12.4 Å². The van der Waals surface area contributed by atoms with Gasteiger partial charge in [-0.25, -0.2) is 0 Å². The van der Waals surface area contributed by atoms with Crippen molar-refractivity contribution in [3.8, 4) is 0 Å². The number of anilines is 1.